The molecule has 0 atom stereocenters. The van der Waals surface area contributed by atoms with Crippen LogP contribution in [0.1, 0.15) is 16.8 Å². The second-order valence-corrected chi connectivity index (χ2v) is 4.17. The highest BCUT2D eigenvalue weighted by Crippen LogP contribution is 2.24. The summed E-state index contributed by atoms with van der Waals surface area (Å²) in [7, 11) is 0. The first-order chi connectivity index (χ1) is 10.0. The lowest BCUT2D eigenvalue weighted by Gasteiger charge is -1.99. The number of hydrogen-bond acceptors (Lipinski definition) is 5. The maximum absolute atomic E-state index is 11.2. The number of aryl methyl sites for hydroxylation is 1. The van der Waals surface area contributed by atoms with Gasteiger partial charge in [-0.15, -0.1) is 0 Å². The van der Waals surface area contributed by atoms with Crippen molar-refractivity contribution < 1.29 is 14.8 Å². The van der Waals surface area contributed by atoms with E-state index in [1.165, 1.54) is 35.1 Å². The highest BCUT2D eigenvalue weighted by molar-refractivity contribution is 5.94. The van der Waals surface area contributed by atoms with E-state index in [1.54, 1.807) is 0 Å². The number of aromatic carboxylic acids is 1. The van der Waals surface area contributed by atoms with Crippen molar-refractivity contribution in [3.05, 3.63) is 46.1 Å². The molecule has 0 bridgehead atoms. The summed E-state index contributed by atoms with van der Waals surface area (Å²) in [6, 6.07) is 7.42. The molecule has 21 heavy (non-hydrogen) atoms. The van der Waals surface area contributed by atoms with E-state index in [0.29, 0.717) is 5.56 Å². The van der Waals surface area contributed by atoms with E-state index in [0.717, 1.165) is 0 Å². The van der Waals surface area contributed by atoms with Crippen LogP contribution in [0.2, 0.25) is 0 Å². The van der Waals surface area contributed by atoms with Crippen molar-refractivity contribution in [2.75, 3.05) is 0 Å². The average molecular weight is 286 g/mol. The molecule has 1 heterocycles. The van der Waals surface area contributed by atoms with E-state index < -0.39 is 10.9 Å². The van der Waals surface area contributed by atoms with Crippen LogP contribution >= 0.6 is 0 Å². The average Bonchev–Trinajstić information content (AvgIpc) is 2.89. The number of nitro groups is 1. The minimum Gasteiger partial charge on any atom is -0.478 e. The summed E-state index contributed by atoms with van der Waals surface area (Å²) in [5.74, 6) is -1.15. The van der Waals surface area contributed by atoms with Crippen molar-refractivity contribution in [2.45, 2.75) is 13.0 Å². The summed E-state index contributed by atoms with van der Waals surface area (Å²) >= 11 is 0. The lowest BCUT2D eigenvalue weighted by atomic mass is 10.1. The molecule has 0 fully saturated rings. The number of nitrogens with zero attached hydrogens (tertiary/aromatic N) is 4. The third-order valence-electron chi connectivity index (χ3n) is 2.80. The van der Waals surface area contributed by atoms with Crippen molar-refractivity contribution >= 4 is 11.7 Å². The maximum Gasteiger partial charge on any atom is 0.339 e. The Balaban J connectivity index is 2.41. The SMILES string of the molecule is N#CCCn1cc(C(=O)O)c(-c2ccc([N+](=O)[O-])cc2)n1. The molecule has 1 aromatic heterocycles. The van der Waals surface area contributed by atoms with Crippen molar-refractivity contribution in [3.63, 3.8) is 0 Å². The second kappa shape index (κ2) is 5.83. The molecule has 0 spiro atoms. The molecule has 0 aliphatic heterocycles. The van der Waals surface area contributed by atoms with E-state index in [1.807, 2.05) is 6.07 Å². The molecule has 0 amide bonds. The summed E-state index contributed by atoms with van der Waals surface area (Å²) < 4.78 is 1.38. The molecule has 0 radical (unpaired) electrons. The van der Waals surface area contributed by atoms with Crippen molar-refractivity contribution in [1.82, 2.24) is 9.78 Å². The summed E-state index contributed by atoms with van der Waals surface area (Å²) in [5, 5.41) is 32.5. The number of non-ortho nitro benzene ring substituents is 1. The van der Waals surface area contributed by atoms with Crippen LogP contribution in [0.5, 0.6) is 0 Å². The van der Waals surface area contributed by atoms with Gasteiger partial charge in [0.1, 0.15) is 11.3 Å². The van der Waals surface area contributed by atoms with Gasteiger partial charge in [-0.1, -0.05) is 0 Å². The largest absolute Gasteiger partial charge is 0.478 e. The summed E-state index contributed by atoms with van der Waals surface area (Å²) in [5.41, 5.74) is 0.588. The molecule has 0 aliphatic carbocycles. The number of nitriles is 1. The van der Waals surface area contributed by atoms with Gasteiger partial charge in [-0.3, -0.25) is 14.8 Å². The molecule has 1 N–H and O–H groups in total. The zero-order chi connectivity index (χ0) is 15.4. The molecule has 2 rings (SSSR count). The van der Waals surface area contributed by atoms with Crippen molar-refractivity contribution in [3.8, 4) is 17.3 Å². The van der Waals surface area contributed by atoms with Gasteiger partial charge in [-0.25, -0.2) is 4.79 Å². The first-order valence-corrected chi connectivity index (χ1v) is 5.95. The first kappa shape index (κ1) is 14.2. The van der Waals surface area contributed by atoms with Gasteiger partial charge in [0.2, 0.25) is 0 Å². The van der Waals surface area contributed by atoms with Gasteiger partial charge in [0.05, 0.1) is 24.0 Å². The van der Waals surface area contributed by atoms with Crippen LogP contribution in [0.4, 0.5) is 5.69 Å². The molecule has 106 valence electrons. The minimum atomic E-state index is -1.15. The van der Waals surface area contributed by atoms with E-state index in [2.05, 4.69) is 5.10 Å². The van der Waals surface area contributed by atoms with Crippen LogP contribution in [-0.2, 0) is 6.54 Å². The van der Waals surface area contributed by atoms with E-state index >= 15 is 0 Å². The molecule has 0 saturated carbocycles. The second-order valence-electron chi connectivity index (χ2n) is 4.17. The molecule has 0 saturated heterocycles. The van der Waals surface area contributed by atoms with E-state index in [9.17, 15) is 20.0 Å². The fraction of sp³-hybridized carbons (Fsp3) is 0.154. The molecule has 0 aliphatic rings. The fourth-order valence-electron chi connectivity index (χ4n) is 1.81. The normalized spacial score (nSPS) is 10.0. The lowest BCUT2D eigenvalue weighted by Crippen LogP contribution is -1.97. The van der Waals surface area contributed by atoms with Gasteiger partial charge in [0, 0.05) is 23.9 Å². The van der Waals surface area contributed by atoms with Gasteiger partial charge in [0.25, 0.3) is 5.69 Å². The van der Waals surface area contributed by atoms with Crippen LogP contribution < -0.4 is 0 Å². The standard InChI is InChI=1S/C13H10N4O4/c14-6-1-7-16-8-11(13(18)19)12(15-16)9-2-4-10(5-3-9)17(20)21/h2-5,8H,1,7H2,(H,18,19). The predicted molar refractivity (Wildman–Crippen MR) is 71.5 cm³/mol. The third-order valence-corrected chi connectivity index (χ3v) is 2.80. The van der Waals surface area contributed by atoms with Crippen LogP contribution in [0, 0.1) is 21.4 Å². The molecule has 1 aromatic carbocycles. The summed E-state index contributed by atoms with van der Waals surface area (Å²) in [4.78, 5) is 21.3. The third kappa shape index (κ3) is 3.03. The van der Waals surface area contributed by atoms with Crippen molar-refractivity contribution in [1.29, 1.82) is 5.26 Å². The number of nitro benzene ring substituents is 1. The number of rotatable bonds is 5. The highest BCUT2D eigenvalue weighted by atomic mass is 16.6. The number of hydrogen-bond donors (Lipinski definition) is 1. The van der Waals surface area contributed by atoms with Gasteiger partial charge < -0.3 is 5.11 Å². The van der Waals surface area contributed by atoms with Crippen LogP contribution in [-0.4, -0.2) is 25.8 Å². The van der Waals surface area contributed by atoms with Crippen LogP contribution in [0.15, 0.2) is 30.5 Å². The van der Waals surface area contributed by atoms with Crippen LogP contribution in [0.3, 0.4) is 0 Å². The topological polar surface area (TPSA) is 122 Å². The zero-order valence-corrected chi connectivity index (χ0v) is 10.8. The Morgan fingerprint density at radius 1 is 1.43 bits per heavy atom. The first-order valence-electron chi connectivity index (χ1n) is 5.95. The molecule has 2 aromatic rings. The van der Waals surface area contributed by atoms with Crippen molar-refractivity contribution in [2.24, 2.45) is 0 Å². The van der Waals surface area contributed by atoms with E-state index in [4.69, 9.17) is 5.26 Å². The van der Waals surface area contributed by atoms with Gasteiger partial charge in [0.15, 0.2) is 0 Å². The fourth-order valence-corrected chi connectivity index (χ4v) is 1.81. The van der Waals surface area contributed by atoms with E-state index in [-0.39, 0.29) is 29.9 Å². The Hall–Kier alpha value is -3.21. The Labute approximate surface area is 119 Å². The molecular formula is C13H10N4O4. The lowest BCUT2D eigenvalue weighted by molar-refractivity contribution is -0.384. The highest BCUT2D eigenvalue weighted by Gasteiger charge is 2.17. The molecule has 8 nitrogen and oxygen atoms in total. The zero-order valence-electron chi connectivity index (χ0n) is 10.8. The Bertz CT molecular complexity index is 728. The molecule has 8 heteroatoms. The van der Waals surface area contributed by atoms with Crippen LogP contribution in [0.25, 0.3) is 11.3 Å². The predicted octanol–water partition coefficient (Wildman–Crippen LogP) is 2.07. The molecular weight excluding hydrogens is 276 g/mol. The van der Waals surface area contributed by atoms with Gasteiger partial charge in [-0.2, -0.15) is 10.4 Å². The Kier molecular flexibility index (Phi) is 3.95. The Morgan fingerprint density at radius 3 is 2.62 bits per heavy atom. The van der Waals surface area contributed by atoms with Gasteiger partial charge in [-0.05, 0) is 12.1 Å². The number of carboxylic acid groups (broad SMARTS) is 1. The molecule has 0 unspecified atom stereocenters. The Morgan fingerprint density at radius 2 is 2.10 bits per heavy atom. The smallest absolute Gasteiger partial charge is 0.339 e. The number of carboxylic acids is 1. The minimum absolute atomic E-state index is 0.0122. The number of benzene rings is 1. The summed E-state index contributed by atoms with van der Waals surface area (Å²) in [6.07, 6.45) is 1.55. The van der Waals surface area contributed by atoms with Gasteiger partial charge >= 0.3 is 5.97 Å². The summed E-state index contributed by atoms with van der Waals surface area (Å²) in [6.45, 7) is 0.282. The quantitative estimate of drug-likeness (QED) is 0.663. The number of carbonyl (C=O) groups is 1. The monoisotopic (exact) mass is 286 g/mol. The number of aromatic nitrogens is 2. The maximum atomic E-state index is 11.2.